The van der Waals surface area contributed by atoms with Crippen LogP contribution in [0.3, 0.4) is 0 Å². The Morgan fingerprint density at radius 2 is 2.18 bits per heavy atom. The van der Waals surface area contributed by atoms with Crippen LogP contribution in [-0.4, -0.2) is 26.0 Å². The highest BCUT2D eigenvalue weighted by Gasteiger charge is 2.24. The van der Waals surface area contributed by atoms with Crippen molar-refractivity contribution in [2.75, 3.05) is 16.8 Å². The molecule has 0 radical (unpaired) electrons. The minimum absolute atomic E-state index is 0.0433. The molecule has 0 saturated carbocycles. The van der Waals surface area contributed by atoms with Crippen molar-refractivity contribution in [3.63, 3.8) is 0 Å². The number of sulfone groups is 1. The standard InChI is InChI=1S/C12H16BrNO2S/c1-9-11(13)5-2-6-12(9)14-10-4-3-7-17(15,16)8-10/h2,5-6,10,14H,3-4,7-8H2,1H3. The van der Waals surface area contributed by atoms with Crippen LogP contribution >= 0.6 is 15.9 Å². The fourth-order valence-electron chi connectivity index (χ4n) is 2.12. The average Bonchev–Trinajstić information content (AvgIpc) is 2.23. The van der Waals surface area contributed by atoms with Gasteiger partial charge in [0.05, 0.1) is 11.5 Å². The number of anilines is 1. The first kappa shape index (κ1) is 12.9. The van der Waals surface area contributed by atoms with Crippen molar-refractivity contribution in [3.05, 3.63) is 28.2 Å². The highest BCUT2D eigenvalue weighted by Crippen LogP contribution is 2.25. The average molecular weight is 318 g/mol. The van der Waals surface area contributed by atoms with Crippen LogP contribution < -0.4 is 5.32 Å². The molecule has 3 nitrogen and oxygen atoms in total. The molecule has 2 rings (SSSR count). The molecule has 0 spiro atoms. The smallest absolute Gasteiger partial charge is 0.152 e. The van der Waals surface area contributed by atoms with Crippen LogP contribution in [0.25, 0.3) is 0 Å². The third-order valence-electron chi connectivity index (χ3n) is 3.09. The molecule has 1 aliphatic heterocycles. The van der Waals surface area contributed by atoms with Gasteiger partial charge >= 0.3 is 0 Å². The molecule has 1 saturated heterocycles. The van der Waals surface area contributed by atoms with Crippen molar-refractivity contribution < 1.29 is 8.42 Å². The molecule has 94 valence electrons. The van der Waals surface area contributed by atoms with Crippen LogP contribution in [0.1, 0.15) is 18.4 Å². The lowest BCUT2D eigenvalue weighted by molar-refractivity contribution is 0.562. The summed E-state index contributed by atoms with van der Waals surface area (Å²) in [6.07, 6.45) is 1.68. The van der Waals surface area contributed by atoms with Crippen molar-refractivity contribution in [3.8, 4) is 0 Å². The van der Waals surface area contributed by atoms with Gasteiger partial charge in [0.1, 0.15) is 0 Å². The van der Waals surface area contributed by atoms with E-state index in [4.69, 9.17) is 0 Å². The second kappa shape index (κ2) is 4.98. The monoisotopic (exact) mass is 317 g/mol. The SMILES string of the molecule is Cc1c(Br)cccc1NC1CCCS(=O)(=O)C1. The summed E-state index contributed by atoms with van der Waals surface area (Å²) >= 11 is 3.48. The van der Waals surface area contributed by atoms with Gasteiger partial charge < -0.3 is 5.32 Å². The van der Waals surface area contributed by atoms with Gasteiger partial charge in [-0.3, -0.25) is 0 Å². The lowest BCUT2D eigenvalue weighted by Gasteiger charge is -2.25. The first-order valence-corrected chi connectivity index (χ1v) is 8.31. The molecule has 1 fully saturated rings. The maximum atomic E-state index is 11.6. The molecule has 0 aromatic heterocycles. The summed E-state index contributed by atoms with van der Waals surface area (Å²) in [5.74, 6) is 0.585. The minimum atomic E-state index is -2.85. The normalized spacial score (nSPS) is 23.3. The zero-order valence-electron chi connectivity index (χ0n) is 9.74. The molecule has 1 aromatic rings. The number of halogens is 1. The highest BCUT2D eigenvalue weighted by molar-refractivity contribution is 9.10. The third kappa shape index (κ3) is 3.22. The molecule has 1 atom stereocenters. The predicted molar refractivity (Wildman–Crippen MR) is 74.2 cm³/mol. The van der Waals surface area contributed by atoms with Gasteiger partial charge in [-0.05, 0) is 37.5 Å². The van der Waals surface area contributed by atoms with Gasteiger partial charge in [0.2, 0.25) is 0 Å². The molecule has 1 N–H and O–H groups in total. The van der Waals surface area contributed by atoms with Crippen LogP contribution in [-0.2, 0) is 9.84 Å². The van der Waals surface area contributed by atoms with E-state index < -0.39 is 9.84 Å². The molecule has 1 unspecified atom stereocenters. The van der Waals surface area contributed by atoms with E-state index in [1.165, 1.54) is 0 Å². The van der Waals surface area contributed by atoms with Gasteiger partial charge in [0.15, 0.2) is 9.84 Å². The maximum Gasteiger partial charge on any atom is 0.152 e. The molecular formula is C12H16BrNO2S. The van der Waals surface area contributed by atoms with Gasteiger partial charge in [-0.15, -0.1) is 0 Å². The van der Waals surface area contributed by atoms with E-state index in [9.17, 15) is 8.42 Å². The summed E-state index contributed by atoms with van der Waals surface area (Å²) in [5, 5.41) is 3.34. The fraction of sp³-hybridized carbons (Fsp3) is 0.500. The van der Waals surface area contributed by atoms with E-state index in [1.807, 2.05) is 25.1 Å². The summed E-state index contributed by atoms with van der Waals surface area (Å²) in [4.78, 5) is 0. The lowest BCUT2D eigenvalue weighted by atomic mass is 10.1. The van der Waals surface area contributed by atoms with Crippen molar-refractivity contribution in [1.29, 1.82) is 0 Å². The Labute approximate surface area is 111 Å². The summed E-state index contributed by atoms with van der Waals surface area (Å²) < 4.78 is 24.2. The number of hydrogen-bond acceptors (Lipinski definition) is 3. The molecule has 5 heteroatoms. The fourth-order valence-corrected chi connectivity index (χ4v) is 4.12. The molecule has 0 aliphatic carbocycles. The highest BCUT2D eigenvalue weighted by atomic mass is 79.9. The van der Waals surface area contributed by atoms with Gasteiger partial charge in [-0.1, -0.05) is 22.0 Å². The van der Waals surface area contributed by atoms with Crippen molar-refractivity contribution >= 4 is 31.5 Å². The zero-order chi connectivity index (χ0) is 12.5. The molecule has 1 heterocycles. The molecule has 0 bridgehead atoms. The molecule has 1 aromatic carbocycles. The maximum absolute atomic E-state index is 11.6. The van der Waals surface area contributed by atoms with Crippen molar-refractivity contribution in [2.45, 2.75) is 25.8 Å². The topological polar surface area (TPSA) is 46.2 Å². The number of benzene rings is 1. The Balaban J connectivity index is 2.13. The Hall–Kier alpha value is -0.550. The van der Waals surface area contributed by atoms with E-state index in [1.54, 1.807) is 0 Å². The van der Waals surface area contributed by atoms with Crippen molar-refractivity contribution in [1.82, 2.24) is 0 Å². The zero-order valence-corrected chi connectivity index (χ0v) is 12.1. The molecule has 1 aliphatic rings. The Morgan fingerprint density at radius 3 is 2.88 bits per heavy atom. The van der Waals surface area contributed by atoms with E-state index >= 15 is 0 Å². The summed E-state index contributed by atoms with van der Waals surface area (Å²) in [6, 6.07) is 5.97. The van der Waals surface area contributed by atoms with Crippen LogP contribution in [0.4, 0.5) is 5.69 Å². The number of nitrogens with one attached hydrogen (secondary N) is 1. The largest absolute Gasteiger partial charge is 0.381 e. The third-order valence-corrected chi connectivity index (χ3v) is 5.77. The first-order valence-electron chi connectivity index (χ1n) is 5.70. The number of hydrogen-bond donors (Lipinski definition) is 1. The Morgan fingerprint density at radius 1 is 1.41 bits per heavy atom. The quantitative estimate of drug-likeness (QED) is 0.912. The molecule has 0 amide bonds. The van der Waals surface area contributed by atoms with Gasteiger partial charge in [-0.2, -0.15) is 0 Å². The van der Waals surface area contributed by atoms with Crippen molar-refractivity contribution in [2.24, 2.45) is 0 Å². The Bertz CT molecular complexity index is 513. The Kier molecular flexibility index (Phi) is 3.78. The summed E-state index contributed by atoms with van der Waals surface area (Å²) in [6.45, 7) is 2.02. The lowest BCUT2D eigenvalue weighted by Crippen LogP contribution is -2.35. The van der Waals surface area contributed by atoms with Gasteiger partial charge in [0.25, 0.3) is 0 Å². The second-order valence-electron chi connectivity index (χ2n) is 4.51. The molecule has 17 heavy (non-hydrogen) atoms. The van der Waals surface area contributed by atoms with Crippen LogP contribution in [0.5, 0.6) is 0 Å². The number of rotatable bonds is 2. The van der Waals surface area contributed by atoms with E-state index in [2.05, 4.69) is 21.2 Å². The molecular weight excluding hydrogens is 302 g/mol. The van der Waals surface area contributed by atoms with Gasteiger partial charge in [0, 0.05) is 16.2 Å². The second-order valence-corrected chi connectivity index (χ2v) is 7.59. The van der Waals surface area contributed by atoms with Crippen LogP contribution in [0.15, 0.2) is 22.7 Å². The van der Waals surface area contributed by atoms with Crippen LogP contribution in [0, 0.1) is 6.92 Å². The van der Waals surface area contributed by atoms with E-state index in [-0.39, 0.29) is 11.8 Å². The first-order chi connectivity index (χ1) is 7.98. The summed E-state index contributed by atoms with van der Waals surface area (Å²) in [5.41, 5.74) is 2.14. The summed E-state index contributed by atoms with van der Waals surface area (Å²) in [7, 11) is -2.85. The van der Waals surface area contributed by atoms with Crippen LogP contribution in [0.2, 0.25) is 0 Å². The van der Waals surface area contributed by atoms with E-state index in [0.29, 0.717) is 5.75 Å². The predicted octanol–water partition coefficient (Wildman–Crippen LogP) is 2.75. The minimum Gasteiger partial charge on any atom is -0.381 e. The van der Waals surface area contributed by atoms with E-state index in [0.717, 1.165) is 28.6 Å². The van der Waals surface area contributed by atoms with Gasteiger partial charge in [-0.25, -0.2) is 8.42 Å².